The van der Waals surface area contributed by atoms with Gasteiger partial charge in [-0.05, 0) is 43.0 Å². The fraction of sp³-hybridized carbons (Fsp3) is 0.455. The van der Waals surface area contributed by atoms with Crippen LogP contribution in [0, 0.1) is 0 Å². The Kier molecular flexibility index (Phi) is 8.29. The number of ether oxygens (including phenoxy) is 2. The van der Waals surface area contributed by atoms with Crippen molar-refractivity contribution in [1.29, 1.82) is 0 Å². The Hall–Kier alpha value is -2.85. The Morgan fingerprint density at radius 3 is 2.47 bits per heavy atom. The maximum Gasteiger partial charge on any atom is 0.240 e. The summed E-state index contributed by atoms with van der Waals surface area (Å²) in [5, 5.41) is 2.79. The van der Waals surface area contributed by atoms with Crippen molar-refractivity contribution in [2.24, 2.45) is 0 Å². The maximum absolute atomic E-state index is 12.5. The lowest BCUT2D eigenvalue weighted by atomic mass is 10.1. The Labute approximate surface area is 189 Å². The molecular formula is C22H30N4O5S. The molecule has 0 bridgehead atoms. The van der Waals surface area contributed by atoms with Gasteiger partial charge >= 0.3 is 0 Å². The second-order valence-corrected chi connectivity index (χ2v) is 9.28. The second-order valence-electron chi connectivity index (χ2n) is 7.51. The summed E-state index contributed by atoms with van der Waals surface area (Å²) in [6, 6.07) is 8.25. The zero-order valence-electron chi connectivity index (χ0n) is 18.5. The van der Waals surface area contributed by atoms with E-state index in [4.69, 9.17) is 9.47 Å². The molecule has 1 aromatic carbocycles. The zero-order valence-corrected chi connectivity index (χ0v) is 19.3. The number of pyridine rings is 1. The topological polar surface area (TPSA) is 110 Å². The Morgan fingerprint density at radius 2 is 1.81 bits per heavy atom. The predicted molar refractivity (Wildman–Crippen MR) is 121 cm³/mol. The molecule has 10 heteroatoms. The zero-order chi connectivity index (χ0) is 23.0. The van der Waals surface area contributed by atoms with Crippen LogP contribution in [0.5, 0.6) is 11.5 Å². The number of amides is 1. The molecule has 1 amide bonds. The van der Waals surface area contributed by atoms with E-state index in [-0.39, 0.29) is 23.8 Å². The number of nitrogens with zero attached hydrogens (tertiary/aromatic N) is 2. The van der Waals surface area contributed by atoms with Crippen LogP contribution in [-0.2, 0) is 21.4 Å². The fourth-order valence-corrected chi connectivity index (χ4v) is 4.53. The van der Waals surface area contributed by atoms with Gasteiger partial charge in [0.05, 0.1) is 19.1 Å². The first-order valence-corrected chi connectivity index (χ1v) is 12.1. The van der Waals surface area contributed by atoms with E-state index in [0.29, 0.717) is 18.0 Å². The minimum Gasteiger partial charge on any atom is -0.493 e. The Morgan fingerprint density at radius 1 is 1.06 bits per heavy atom. The smallest absolute Gasteiger partial charge is 0.240 e. The minimum atomic E-state index is -3.78. The Balaban J connectivity index is 1.44. The standard InChI is InChI=1S/C22H30N4O5S/c1-30-19-8-7-18(14-20(19)31-2)32(28,29)25-11-10-22(27)24-16-17-6-9-21(23-15-17)26-12-4-3-5-13-26/h6-9,14-15,25H,3-5,10-13,16H2,1-2H3,(H,24,27). The van der Waals surface area contributed by atoms with Gasteiger partial charge < -0.3 is 19.7 Å². The first kappa shape index (κ1) is 23.8. The molecular weight excluding hydrogens is 432 g/mol. The molecule has 1 fully saturated rings. The fourth-order valence-electron chi connectivity index (χ4n) is 3.49. The highest BCUT2D eigenvalue weighted by molar-refractivity contribution is 7.89. The van der Waals surface area contributed by atoms with E-state index in [2.05, 4.69) is 19.9 Å². The summed E-state index contributed by atoms with van der Waals surface area (Å²) in [7, 11) is -0.869. The van der Waals surface area contributed by atoms with Gasteiger partial charge in [0.15, 0.2) is 11.5 Å². The lowest BCUT2D eigenvalue weighted by Gasteiger charge is -2.27. The predicted octanol–water partition coefficient (Wildman–Crippen LogP) is 2.07. The normalized spacial score (nSPS) is 14.1. The molecule has 0 aliphatic carbocycles. The summed E-state index contributed by atoms with van der Waals surface area (Å²) in [4.78, 5) is 18.9. The number of piperidine rings is 1. The molecule has 0 atom stereocenters. The monoisotopic (exact) mass is 462 g/mol. The highest BCUT2D eigenvalue weighted by Gasteiger charge is 2.17. The highest BCUT2D eigenvalue weighted by Crippen LogP contribution is 2.29. The molecule has 1 saturated heterocycles. The van der Waals surface area contributed by atoms with E-state index >= 15 is 0 Å². The van der Waals surface area contributed by atoms with Gasteiger partial charge in [-0.25, -0.2) is 18.1 Å². The van der Waals surface area contributed by atoms with Crippen molar-refractivity contribution in [3.8, 4) is 11.5 Å². The van der Waals surface area contributed by atoms with Gasteiger partial charge in [-0.3, -0.25) is 4.79 Å². The molecule has 0 saturated carbocycles. The molecule has 1 aliphatic heterocycles. The van der Waals surface area contributed by atoms with Gasteiger partial charge in [-0.1, -0.05) is 6.07 Å². The van der Waals surface area contributed by atoms with Gasteiger partial charge in [0.2, 0.25) is 15.9 Å². The average molecular weight is 463 g/mol. The molecule has 1 aromatic heterocycles. The van der Waals surface area contributed by atoms with Gasteiger partial charge in [-0.15, -0.1) is 0 Å². The van der Waals surface area contributed by atoms with Crippen molar-refractivity contribution < 1.29 is 22.7 Å². The van der Waals surface area contributed by atoms with Gasteiger partial charge in [0.25, 0.3) is 0 Å². The summed E-state index contributed by atoms with van der Waals surface area (Å²) in [6.45, 7) is 2.38. The minimum absolute atomic E-state index is 0.0192. The third-order valence-corrected chi connectivity index (χ3v) is 6.75. The van der Waals surface area contributed by atoms with Crippen LogP contribution in [0.15, 0.2) is 41.4 Å². The van der Waals surface area contributed by atoms with E-state index in [1.807, 2.05) is 12.1 Å². The quantitative estimate of drug-likeness (QED) is 0.556. The second kappa shape index (κ2) is 11.1. The molecule has 174 valence electrons. The molecule has 1 aliphatic rings. The van der Waals surface area contributed by atoms with Crippen LogP contribution in [0.3, 0.4) is 0 Å². The van der Waals surface area contributed by atoms with Crippen molar-refractivity contribution >= 4 is 21.7 Å². The number of benzene rings is 1. The lowest BCUT2D eigenvalue weighted by Crippen LogP contribution is -2.31. The van der Waals surface area contributed by atoms with Crippen LogP contribution in [0.1, 0.15) is 31.2 Å². The number of nitrogens with one attached hydrogen (secondary N) is 2. The van der Waals surface area contributed by atoms with Gasteiger partial charge in [-0.2, -0.15) is 0 Å². The van der Waals surface area contributed by atoms with Crippen LogP contribution >= 0.6 is 0 Å². The number of methoxy groups -OCH3 is 2. The highest BCUT2D eigenvalue weighted by atomic mass is 32.2. The van der Waals surface area contributed by atoms with Crippen molar-refractivity contribution in [2.45, 2.75) is 37.1 Å². The molecule has 2 aromatic rings. The molecule has 9 nitrogen and oxygen atoms in total. The largest absolute Gasteiger partial charge is 0.493 e. The number of sulfonamides is 1. The molecule has 0 radical (unpaired) electrons. The third-order valence-electron chi connectivity index (χ3n) is 5.29. The van der Waals surface area contributed by atoms with E-state index in [9.17, 15) is 13.2 Å². The van der Waals surface area contributed by atoms with Crippen LogP contribution in [0.2, 0.25) is 0 Å². The van der Waals surface area contributed by atoms with E-state index in [1.54, 1.807) is 6.20 Å². The summed E-state index contributed by atoms with van der Waals surface area (Å²) in [6.07, 6.45) is 5.44. The lowest BCUT2D eigenvalue weighted by molar-refractivity contribution is -0.121. The van der Waals surface area contributed by atoms with Crippen molar-refractivity contribution in [3.63, 3.8) is 0 Å². The van der Waals surface area contributed by atoms with E-state index < -0.39 is 10.0 Å². The number of rotatable bonds is 10. The van der Waals surface area contributed by atoms with Gasteiger partial charge in [0.1, 0.15) is 5.82 Å². The van der Waals surface area contributed by atoms with Crippen LogP contribution in [-0.4, -0.2) is 53.2 Å². The van der Waals surface area contributed by atoms with Crippen LogP contribution in [0.4, 0.5) is 5.82 Å². The van der Waals surface area contributed by atoms with Gasteiger partial charge in [0, 0.05) is 44.9 Å². The molecule has 32 heavy (non-hydrogen) atoms. The summed E-state index contributed by atoms with van der Waals surface area (Å²) in [5.74, 6) is 1.46. The van der Waals surface area contributed by atoms with E-state index in [0.717, 1.165) is 24.5 Å². The first-order chi connectivity index (χ1) is 15.4. The number of hydrogen-bond donors (Lipinski definition) is 2. The maximum atomic E-state index is 12.5. The average Bonchev–Trinajstić information content (AvgIpc) is 2.83. The SMILES string of the molecule is COc1ccc(S(=O)(=O)NCCC(=O)NCc2ccc(N3CCCCC3)nc2)cc1OC. The van der Waals surface area contributed by atoms with Crippen LogP contribution in [0.25, 0.3) is 0 Å². The molecule has 2 N–H and O–H groups in total. The molecule has 0 unspecified atom stereocenters. The number of anilines is 1. The van der Waals surface area contributed by atoms with E-state index in [1.165, 1.54) is 51.7 Å². The molecule has 3 rings (SSSR count). The van der Waals surface area contributed by atoms with Crippen molar-refractivity contribution in [2.75, 3.05) is 38.8 Å². The van der Waals surface area contributed by atoms with Crippen molar-refractivity contribution in [3.05, 3.63) is 42.1 Å². The van der Waals surface area contributed by atoms with Crippen molar-refractivity contribution in [1.82, 2.24) is 15.0 Å². The summed E-state index contributed by atoms with van der Waals surface area (Å²) < 4.78 is 37.6. The van der Waals surface area contributed by atoms with Crippen LogP contribution < -0.4 is 24.4 Å². The number of aromatic nitrogens is 1. The molecule has 0 spiro atoms. The number of carbonyl (C=O) groups is 1. The summed E-state index contributed by atoms with van der Waals surface area (Å²) in [5.41, 5.74) is 0.894. The first-order valence-electron chi connectivity index (χ1n) is 10.6. The number of carbonyl (C=O) groups excluding carboxylic acids is 1. The number of hydrogen-bond acceptors (Lipinski definition) is 7. The third kappa shape index (κ3) is 6.33. The Bertz CT molecular complexity index is 1010. The summed E-state index contributed by atoms with van der Waals surface area (Å²) >= 11 is 0. The molecule has 2 heterocycles.